The van der Waals surface area contributed by atoms with Crippen molar-refractivity contribution in [3.63, 3.8) is 0 Å². The number of rotatable bonds is 9. The van der Waals surface area contributed by atoms with E-state index in [9.17, 15) is 18.4 Å². The number of hydrogen-bond donors (Lipinski definition) is 2. The van der Waals surface area contributed by atoms with E-state index in [2.05, 4.69) is 28.8 Å². The molecule has 1 aliphatic carbocycles. The molecule has 1 heterocycles. The van der Waals surface area contributed by atoms with E-state index >= 15 is 0 Å². The van der Waals surface area contributed by atoms with E-state index in [1.165, 1.54) is 35.5 Å². The van der Waals surface area contributed by atoms with Gasteiger partial charge in [0.2, 0.25) is 5.91 Å². The summed E-state index contributed by atoms with van der Waals surface area (Å²) in [5.74, 6) is -2.15. The molecule has 0 bridgehead atoms. The fourth-order valence-corrected chi connectivity index (χ4v) is 4.07. The van der Waals surface area contributed by atoms with Crippen LogP contribution < -0.4 is 15.8 Å². The highest BCUT2D eigenvalue weighted by molar-refractivity contribution is 6.05. The molecule has 1 aliphatic rings. The SMILES string of the molecule is C=CC(=O)N(C)CCOc1c(N)ncnc1-c1cc(F)cc(NC(=O)c2ccc(C3(C)CC3)cc2F)c1C. The van der Waals surface area contributed by atoms with Crippen LogP contribution in [0.5, 0.6) is 5.75 Å². The molecule has 198 valence electrons. The minimum absolute atomic E-state index is 0.0217. The topological polar surface area (TPSA) is 110 Å². The second-order valence-corrected chi connectivity index (χ2v) is 9.58. The summed E-state index contributed by atoms with van der Waals surface area (Å²) < 4.78 is 35.4. The van der Waals surface area contributed by atoms with Gasteiger partial charge < -0.3 is 20.7 Å². The molecule has 3 aromatic rings. The molecule has 0 radical (unpaired) electrons. The van der Waals surface area contributed by atoms with Gasteiger partial charge in [-0.1, -0.05) is 19.6 Å². The lowest BCUT2D eigenvalue weighted by Gasteiger charge is -2.18. The first-order valence-electron chi connectivity index (χ1n) is 12.1. The molecule has 2 amide bonds. The van der Waals surface area contributed by atoms with Gasteiger partial charge in [-0.15, -0.1) is 0 Å². The standard InChI is InChI=1S/C28H29F2N5O3/c1-5-23(36)35(4)10-11-38-25-24(32-15-33-26(25)31)20-13-18(29)14-22(16(20)2)34-27(37)19-7-6-17(12-21(19)30)28(3)8-9-28/h5-7,12-15H,1,8-11H2,2-4H3,(H,34,37)(H2,31,32,33). The van der Waals surface area contributed by atoms with Gasteiger partial charge in [0.1, 0.15) is 30.3 Å². The van der Waals surface area contributed by atoms with E-state index in [4.69, 9.17) is 10.5 Å². The number of nitrogens with zero attached hydrogens (tertiary/aromatic N) is 3. The molecule has 38 heavy (non-hydrogen) atoms. The molecule has 0 atom stereocenters. The van der Waals surface area contributed by atoms with Crippen LogP contribution in [0.4, 0.5) is 20.3 Å². The number of hydrogen-bond acceptors (Lipinski definition) is 6. The van der Waals surface area contributed by atoms with Gasteiger partial charge in [0, 0.05) is 18.3 Å². The first kappa shape index (κ1) is 26.7. The molecule has 4 rings (SSSR count). The monoisotopic (exact) mass is 521 g/mol. The molecule has 0 unspecified atom stereocenters. The number of carbonyl (C=O) groups excluding carboxylic acids is 2. The zero-order valence-corrected chi connectivity index (χ0v) is 21.5. The molecular weight excluding hydrogens is 492 g/mol. The Labute approximate surface area is 219 Å². The zero-order valence-electron chi connectivity index (χ0n) is 21.5. The van der Waals surface area contributed by atoms with Crippen LogP contribution in [0.15, 0.2) is 49.3 Å². The van der Waals surface area contributed by atoms with Gasteiger partial charge in [0.05, 0.1) is 12.1 Å². The summed E-state index contributed by atoms with van der Waals surface area (Å²) >= 11 is 0. The molecule has 10 heteroatoms. The number of anilines is 2. The van der Waals surface area contributed by atoms with Crippen LogP contribution in [-0.4, -0.2) is 46.9 Å². The zero-order chi connectivity index (χ0) is 27.6. The van der Waals surface area contributed by atoms with Crippen molar-refractivity contribution in [2.24, 2.45) is 0 Å². The Balaban J connectivity index is 1.60. The first-order chi connectivity index (χ1) is 18.0. The molecule has 1 aromatic heterocycles. The van der Waals surface area contributed by atoms with Gasteiger partial charge in [0.25, 0.3) is 5.91 Å². The van der Waals surface area contributed by atoms with Gasteiger partial charge in [-0.25, -0.2) is 18.7 Å². The van der Waals surface area contributed by atoms with Gasteiger partial charge in [-0.2, -0.15) is 0 Å². The van der Waals surface area contributed by atoms with Crippen molar-refractivity contribution < 1.29 is 23.1 Å². The Morgan fingerprint density at radius 2 is 1.97 bits per heavy atom. The Morgan fingerprint density at radius 1 is 1.24 bits per heavy atom. The summed E-state index contributed by atoms with van der Waals surface area (Å²) in [7, 11) is 1.59. The van der Waals surface area contributed by atoms with E-state index < -0.39 is 17.5 Å². The van der Waals surface area contributed by atoms with Crippen LogP contribution in [0.2, 0.25) is 0 Å². The van der Waals surface area contributed by atoms with E-state index in [-0.39, 0.29) is 53.0 Å². The van der Waals surface area contributed by atoms with Gasteiger partial charge in [-0.05, 0) is 66.6 Å². The summed E-state index contributed by atoms with van der Waals surface area (Å²) in [5, 5.41) is 2.62. The smallest absolute Gasteiger partial charge is 0.258 e. The average Bonchev–Trinajstić information content (AvgIpc) is 3.64. The molecule has 1 saturated carbocycles. The van der Waals surface area contributed by atoms with Crippen molar-refractivity contribution in [1.82, 2.24) is 14.9 Å². The minimum Gasteiger partial charge on any atom is -0.486 e. The number of amides is 2. The van der Waals surface area contributed by atoms with Gasteiger partial charge in [-0.3, -0.25) is 9.59 Å². The van der Waals surface area contributed by atoms with Crippen molar-refractivity contribution in [3.05, 3.63) is 77.6 Å². The van der Waals surface area contributed by atoms with Crippen molar-refractivity contribution in [1.29, 1.82) is 0 Å². The number of likely N-dealkylation sites (N-methyl/N-ethyl adjacent to an activating group) is 1. The molecule has 2 aromatic carbocycles. The fraction of sp³-hybridized carbons (Fsp3) is 0.286. The summed E-state index contributed by atoms with van der Waals surface area (Å²) in [4.78, 5) is 34.3. The predicted octanol–water partition coefficient (Wildman–Crippen LogP) is 4.64. The number of carbonyl (C=O) groups is 2. The highest BCUT2D eigenvalue weighted by atomic mass is 19.1. The number of halogens is 2. The molecular formula is C28H29F2N5O3. The highest BCUT2D eigenvalue weighted by Crippen LogP contribution is 2.47. The largest absolute Gasteiger partial charge is 0.486 e. The Bertz CT molecular complexity index is 1420. The number of nitrogen functional groups attached to an aromatic ring is 1. The third-order valence-electron chi connectivity index (χ3n) is 6.84. The third kappa shape index (κ3) is 5.49. The lowest BCUT2D eigenvalue weighted by atomic mass is 9.96. The lowest BCUT2D eigenvalue weighted by molar-refractivity contribution is -0.125. The number of benzene rings is 2. The van der Waals surface area contributed by atoms with E-state index in [1.807, 2.05) is 0 Å². The summed E-state index contributed by atoms with van der Waals surface area (Å²) in [6.45, 7) is 7.45. The molecule has 1 fully saturated rings. The first-order valence-corrected chi connectivity index (χ1v) is 12.1. The lowest BCUT2D eigenvalue weighted by Crippen LogP contribution is -2.29. The predicted molar refractivity (Wildman–Crippen MR) is 141 cm³/mol. The number of ether oxygens (including phenoxy) is 1. The number of nitrogens with two attached hydrogens (primary N) is 1. The maximum Gasteiger partial charge on any atom is 0.258 e. The number of aromatic nitrogens is 2. The van der Waals surface area contributed by atoms with Crippen LogP contribution in [-0.2, 0) is 10.2 Å². The molecule has 3 N–H and O–H groups in total. The molecule has 0 saturated heterocycles. The second kappa shape index (κ2) is 10.6. The van der Waals surface area contributed by atoms with Crippen LogP contribution in [0.1, 0.15) is 41.3 Å². The normalized spacial score (nSPS) is 13.5. The van der Waals surface area contributed by atoms with Crippen LogP contribution in [0, 0.1) is 18.6 Å². The van der Waals surface area contributed by atoms with Gasteiger partial charge in [0.15, 0.2) is 11.6 Å². The van der Waals surface area contributed by atoms with Crippen molar-refractivity contribution in [2.75, 3.05) is 31.2 Å². The van der Waals surface area contributed by atoms with Crippen LogP contribution >= 0.6 is 0 Å². The minimum atomic E-state index is -0.705. The van der Waals surface area contributed by atoms with Crippen molar-refractivity contribution in [3.8, 4) is 17.0 Å². The Hall–Kier alpha value is -4.34. The highest BCUT2D eigenvalue weighted by Gasteiger charge is 2.39. The van der Waals surface area contributed by atoms with Gasteiger partial charge >= 0.3 is 0 Å². The summed E-state index contributed by atoms with van der Waals surface area (Å²) in [6, 6.07) is 6.97. The number of nitrogens with one attached hydrogen (secondary N) is 1. The summed E-state index contributed by atoms with van der Waals surface area (Å²) in [6.07, 6.45) is 4.36. The maximum atomic E-state index is 14.8. The van der Waals surface area contributed by atoms with E-state index in [0.717, 1.165) is 24.5 Å². The van der Waals surface area contributed by atoms with Crippen molar-refractivity contribution >= 4 is 23.3 Å². The quantitative estimate of drug-likeness (QED) is 0.397. The second-order valence-electron chi connectivity index (χ2n) is 9.58. The average molecular weight is 522 g/mol. The third-order valence-corrected chi connectivity index (χ3v) is 6.84. The van der Waals surface area contributed by atoms with E-state index in [1.54, 1.807) is 20.0 Å². The Morgan fingerprint density at radius 3 is 2.63 bits per heavy atom. The Kier molecular flexibility index (Phi) is 7.43. The van der Waals surface area contributed by atoms with Crippen LogP contribution in [0.25, 0.3) is 11.3 Å². The summed E-state index contributed by atoms with van der Waals surface area (Å²) in [5.41, 5.74) is 7.81. The molecule has 8 nitrogen and oxygen atoms in total. The van der Waals surface area contributed by atoms with Crippen molar-refractivity contribution in [2.45, 2.75) is 32.1 Å². The van der Waals surface area contributed by atoms with E-state index in [0.29, 0.717) is 11.1 Å². The molecule has 0 spiro atoms. The fourth-order valence-electron chi connectivity index (χ4n) is 4.07. The maximum absolute atomic E-state index is 14.8. The van der Waals surface area contributed by atoms with Crippen LogP contribution in [0.3, 0.4) is 0 Å². The molecule has 0 aliphatic heterocycles.